The summed E-state index contributed by atoms with van der Waals surface area (Å²) in [5.74, 6) is -1.93. The molecule has 3 atom stereocenters. The van der Waals surface area contributed by atoms with E-state index in [0.717, 1.165) is 0 Å². The van der Waals surface area contributed by atoms with Crippen molar-refractivity contribution in [1.82, 2.24) is 0 Å². The second-order valence-electron chi connectivity index (χ2n) is 4.92. The molecule has 23 heavy (non-hydrogen) atoms. The van der Waals surface area contributed by atoms with Crippen LogP contribution in [0.3, 0.4) is 0 Å². The number of hydrogen-bond acceptors (Lipinski definition) is 6. The van der Waals surface area contributed by atoms with Crippen LogP contribution in [0.5, 0.6) is 0 Å². The molecule has 1 aliphatic heterocycles. The Kier molecular flexibility index (Phi) is 5.76. The average Bonchev–Trinajstić information content (AvgIpc) is 2.70. The first kappa shape index (κ1) is 19.5. The molecular formula is C12H14Cl3O6PS. The first-order valence-corrected chi connectivity index (χ1v) is 10.6. The lowest BCUT2D eigenvalue weighted by atomic mass is 10.3. The predicted molar refractivity (Wildman–Crippen MR) is 87.5 cm³/mol. The highest BCUT2D eigenvalue weighted by Gasteiger charge is 2.57. The lowest BCUT2D eigenvalue weighted by Gasteiger charge is -2.27. The van der Waals surface area contributed by atoms with Crippen LogP contribution < -0.4 is 0 Å². The Hall–Kier alpha value is 0.150. The van der Waals surface area contributed by atoms with Crippen molar-refractivity contribution in [3.8, 4) is 0 Å². The number of hydrogen-bond donors (Lipinski definition) is 0. The molecule has 0 saturated carbocycles. The van der Waals surface area contributed by atoms with Gasteiger partial charge in [-0.3, -0.25) is 4.57 Å². The first-order valence-electron chi connectivity index (χ1n) is 6.47. The normalized spacial score (nSPS) is 26.1. The zero-order chi connectivity index (χ0) is 17.5. The van der Waals surface area contributed by atoms with E-state index in [1.807, 2.05) is 0 Å². The van der Waals surface area contributed by atoms with Crippen LogP contribution in [0.15, 0.2) is 35.2 Å². The van der Waals surface area contributed by atoms with E-state index in [4.69, 9.17) is 48.0 Å². The summed E-state index contributed by atoms with van der Waals surface area (Å²) in [7, 11) is -8.47. The highest BCUT2D eigenvalue weighted by Crippen LogP contribution is 2.65. The minimum absolute atomic E-state index is 0.175. The SMILES string of the molecule is C[C@@H]1OP(=O)([C@@H](OS(=O)(=O)c2ccccc2)C(Cl)(Cl)Cl)O[C@H]1C. The summed E-state index contributed by atoms with van der Waals surface area (Å²) in [6.07, 6.45) is -1.14. The predicted octanol–water partition coefficient (Wildman–Crippen LogP) is 4.11. The Morgan fingerprint density at radius 2 is 1.61 bits per heavy atom. The molecule has 0 amide bonds. The van der Waals surface area contributed by atoms with Crippen LogP contribution in [0, 0.1) is 0 Å². The highest BCUT2D eigenvalue weighted by atomic mass is 35.6. The van der Waals surface area contributed by atoms with Gasteiger partial charge in [-0.1, -0.05) is 53.0 Å². The summed E-state index contributed by atoms with van der Waals surface area (Å²) in [6.45, 7) is 3.21. The van der Waals surface area contributed by atoms with Gasteiger partial charge in [-0.05, 0) is 26.0 Å². The molecule has 2 rings (SSSR count). The van der Waals surface area contributed by atoms with Crippen molar-refractivity contribution in [2.75, 3.05) is 0 Å². The third-order valence-corrected chi connectivity index (χ3v) is 7.91. The highest BCUT2D eigenvalue weighted by molar-refractivity contribution is 7.87. The van der Waals surface area contributed by atoms with Crippen LogP contribution in [-0.2, 0) is 27.9 Å². The maximum Gasteiger partial charge on any atom is 0.365 e. The molecule has 1 saturated heterocycles. The van der Waals surface area contributed by atoms with Crippen molar-refractivity contribution in [2.24, 2.45) is 0 Å². The summed E-state index contributed by atoms with van der Waals surface area (Å²) >= 11 is 17.3. The summed E-state index contributed by atoms with van der Waals surface area (Å²) in [5, 5.41) is 0. The van der Waals surface area contributed by atoms with E-state index >= 15 is 0 Å². The Balaban J connectivity index is 2.37. The van der Waals surface area contributed by atoms with E-state index in [1.165, 1.54) is 24.3 Å². The second-order valence-corrected chi connectivity index (χ2v) is 10.8. The van der Waals surface area contributed by atoms with E-state index in [2.05, 4.69) is 0 Å². The number of benzene rings is 1. The maximum atomic E-state index is 12.8. The maximum absolute atomic E-state index is 12.8. The Labute approximate surface area is 149 Å². The fourth-order valence-corrected chi connectivity index (χ4v) is 6.83. The van der Waals surface area contributed by atoms with E-state index in [-0.39, 0.29) is 4.90 Å². The monoisotopic (exact) mass is 422 g/mol. The zero-order valence-electron chi connectivity index (χ0n) is 12.1. The van der Waals surface area contributed by atoms with E-state index in [1.54, 1.807) is 19.9 Å². The molecule has 1 aliphatic rings. The van der Waals surface area contributed by atoms with Gasteiger partial charge in [0.15, 0.2) is 0 Å². The molecule has 1 fully saturated rings. The molecule has 1 aromatic rings. The molecule has 0 radical (unpaired) electrons. The van der Waals surface area contributed by atoms with Gasteiger partial charge in [-0.2, -0.15) is 8.42 Å². The van der Waals surface area contributed by atoms with Crippen LogP contribution >= 0.6 is 42.4 Å². The third kappa shape index (κ3) is 4.41. The molecule has 0 N–H and O–H groups in total. The molecule has 130 valence electrons. The first-order chi connectivity index (χ1) is 10.5. The van der Waals surface area contributed by atoms with Gasteiger partial charge in [0.25, 0.3) is 10.1 Å². The lowest BCUT2D eigenvalue weighted by molar-refractivity contribution is 0.187. The van der Waals surface area contributed by atoms with Crippen molar-refractivity contribution in [1.29, 1.82) is 0 Å². The molecule has 1 heterocycles. The Morgan fingerprint density at radius 1 is 1.13 bits per heavy atom. The van der Waals surface area contributed by atoms with Crippen LogP contribution in [0.4, 0.5) is 0 Å². The van der Waals surface area contributed by atoms with Gasteiger partial charge >= 0.3 is 7.60 Å². The largest absolute Gasteiger partial charge is 0.365 e. The minimum Gasteiger partial charge on any atom is -0.301 e. The van der Waals surface area contributed by atoms with Gasteiger partial charge in [-0.25, -0.2) is 4.18 Å². The van der Waals surface area contributed by atoms with E-state index in [0.29, 0.717) is 0 Å². The molecule has 6 nitrogen and oxygen atoms in total. The summed E-state index contributed by atoms with van der Waals surface area (Å²) < 4.78 is 50.5. The van der Waals surface area contributed by atoms with Crippen molar-refractivity contribution in [3.05, 3.63) is 30.3 Å². The molecule has 0 unspecified atom stereocenters. The molecular weight excluding hydrogens is 410 g/mol. The Morgan fingerprint density at radius 3 is 2.04 bits per heavy atom. The van der Waals surface area contributed by atoms with Gasteiger partial charge < -0.3 is 9.05 Å². The van der Waals surface area contributed by atoms with Crippen molar-refractivity contribution in [2.45, 2.75) is 40.6 Å². The molecule has 1 aromatic carbocycles. The van der Waals surface area contributed by atoms with Gasteiger partial charge in [0.1, 0.15) is 0 Å². The van der Waals surface area contributed by atoms with Crippen molar-refractivity contribution in [3.63, 3.8) is 0 Å². The smallest absolute Gasteiger partial charge is 0.301 e. The van der Waals surface area contributed by atoms with E-state index in [9.17, 15) is 13.0 Å². The van der Waals surface area contributed by atoms with Gasteiger partial charge in [0.05, 0.1) is 17.1 Å². The van der Waals surface area contributed by atoms with E-state index < -0.39 is 39.6 Å². The molecule has 0 spiro atoms. The Bertz CT molecular complexity index is 691. The standard InChI is InChI=1S/C12H14Cl3O6PS/c1-8-9(2)20-22(16,19-8)11(12(13,14)15)21-23(17,18)10-6-4-3-5-7-10/h3-9,11H,1-2H3/t8-,9-,11+/m0/s1. The topological polar surface area (TPSA) is 78.9 Å². The summed E-state index contributed by atoms with van der Waals surface area (Å²) in [5.41, 5.74) is 0. The number of halogens is 3. The number of rotatable bonds is 4. The van der Waals surface area contributed by atoms with Crippen molar-refractivity contribution < 1.29 is 26.2 Å². The van der Waals surface area contributed by atoms with Gasteiger partial charge in [0, 0.05) is 0 Å². The summed E-state index contributed by atoms with van der Waals surface area (Å²) in [4.78, 5) is -0.175. The van der Waals surface area contributed by atoms with Crippen LogP contribution in [0.25, 0.3) is 0 Å². The lowest BCUT2D eigenvalue weighted by Crippen LogP contribution is -2.31. The van der Waals surface area contributed by atoms with Crippen LogP contribution in [0.1, 0.15) is 13.8 Å². The summed E-state index contributed by atoms with van der Waals surface area (Å²) in [6, 6.07) is 7.20. The fourth-order valence-electron chi connectivity index (χ4n) is 1.82. The quantitative estimate of drug-likeness (QED) is 0.412. The second kappa shape index (κ2) is 6.81. The van der Waals surface area contributed by atoms with Gasteiger partial charge in [-0.15, -0.1) is 0 Å². The third-order valence-electron chi connectivity index (χ3n) is 3.10. The molecule has 0 aliphatic carbocycles. The van der Waals surface area contributed by atoms with Gasteiger partial charge in [0.2, 0.25) is 9.64 Å². The number of alkyl halides is 3. The molecule has 11 heteroatoms. The van der Waals surface area contributed by atoms with Crippen molar-refractivity contribution >= 4 is 52.5 Å². The average molecular weight is 424 g/mol. The fraction of sp³-hybridized carbons (Fsp3) is 0.500. The molecule has 0 bridgehead atoms. The zero-order valence-corrected chi connectivity index (χ0v) is 16.0. The minimum atomic E-state index is -4.34. The van der Waals surface area contributed by atoms with Crippen LogP contribution in [-0.4, -0.2) is 30.3 Å². The molecule has 0 aromatic heterocycles. The van der Waals surface area contributed by atoms with Crippen LogP contribution in [0.2, 0.25) is 0 Å².